The van der Waals surface area contributed by atoms with Crippen LogP contribution >= 0.6 is 0 Å². The van der Waals surface area contributed by atoms with Crippen LogP contribution in [0.2, 0.25) is 0 Å². The molecule has 4 rings (SSSR count). The standard InChI is InChI=1S/C24H33F2N7.C6H10F2/c1-7-8-21(33-13-24(25,26)12-28-19(33)6)20-9-10-27-22(11-20)32-16(3)15(2)31-18(5)23-17(4)29-14-30-23;7-6(8)4-2-1-3-5-6/h9-11,15,21,28,31H,3,5-8,12-14H2,1-2,4H3,(H,27,32);1-5H2. The van der Waals surface area contributed by atoms with Gasteiger partial charge in [-0.05, 0) is 50.8 Å². The van der Waals surface area contributed by atoms with Crippen molar-refractivity contribution in [3.63, 3.8) is 0 Å². The molecule has 3 heterocycles. The molecule has 0 bridgehead atoms. The SMILES string of the molecule is C=C(NC(C)C(=C)Nc1cc(C(CCC)N2CC(F)(F)CNC2=C)ccn1)C1=NCN=C1C.FC1(F)CCCCC1. The van der Waals surface area contributed by atoms with Crippen molar-refractivity contribution in [3.05, 3.63) is 60.8 Å². The molecule has 2 aliphatic heterocycles. The van der Waals surface area contributed by atoms with E-state index in [0.29, 0.717) is 49.0 Å². The minimum Gasteiger partial charge on any atom is -0.376 e. The van der Waals surface area contributed by atoms with Gasteiger partial charge in [0.2, 0.25) is 5.92 Å². The number of pyridine rings is 1. The van der Waals surface area contributed by atoms with Gasteiger partial charge in [-0.2, -0.15) is 0 Å². The second-order valence-corrected chi connectivity index (χ2v) is 10.9. The molecule has 11 heteroatoms. The Morgan fingerprint density at radius 2 is 1.83 bits per heavy atom. The average Bonchev–Trinajstić information content (AvgIpc) is 3.35. The largest absolute Gasteiger partial charge is 0.376 e. The Morgan fingerprint density at radius 1 is 1.12 bits per heavy atom. The van der Waals surface area contributed by atoms with Gasteiger partial charge in [0.05, 0.1) is 42.4 Å². The molecule has 3 N–H and O–H groups in total. The number of halogens is 4. The summed E-state index contributed by atoms with van der Waals surface area (Å²) in [5.74, 6) is -4.03. The Bertz CT molecular complexity index is 1150. The van der Waals surface area contributed by atoms with Gasteiger partial charge in [-0.15, -0.1) is 0 Å². The highest BCUT2D eigenvalue weighted by Gasteiger charge is 2.39. The molecule has 0 radical (unpaired) electrons. The first-order valence-corrected chi connectivity index (χ1v) is 14.2. The van der Waals surface area contributed by atoms with Crippen molar-refractivity contribution < 1.29 is 17.6 Å². The Hall–Kier alpha value is -3.37. The first kappa shape index (κ1) is 32.1. The van der Waals surface area contributed by atoms with Crippen molar-refractivity contribution in [1.82, 2.24) is 20.5 Å². The molecule has 2 unspecified atom stereocenters. The van der Waals surface area contributed by atoms with Gasteiger partial charge in [-0.25, -0.2) is 22.5 Å². The van der Waals surface area contributed by atoms with Crippen LogP contribution in [-0.4, -0.2) is 59.0 Å². The molecular formula is C30H43F4N7. The lowest BCUT2D eigenvalue weighted by molar-refractivity contribution is -0.0536. The molecule has 2 atom stereocenters. The molecule has 7 nitrogen and oxygen atoms in total. The van der Waals surface area contributed by atoms with E-state index in [9.17, 15) is 17.6 Å². The first-order chi connectivity index (χ1) is 19.3. The minimum absolute atomic E-state index is 0.118. The van der Waals surface area contributed by atoms with Crippen LogP contribution in [0, 0.1) is 0 Å². The molecule has 226 valence electrons. The molecule has 0 spiro atoms. The maximum Gasteiger partial charge on any atom is 0.282 e. The van der Waals surface area contributed by atoms with Crippen LogP contribution in [-0.2, 0) is 0 Å². The van der Waals surface area contributed by atoms with Crippen molar-refractivity contribution in [1.29, 1.82) is 0 Å². The van der Waals surface area contributed by atoms with Gasteiger partial charge in [-0.1, -0.05) is 39.5 Å². The van der Waals surface area contributed by atoms with Crippen LogP contribution in [0.25, 0.3) is 0 Å². The number of aromatic nitrogens is 1. The van der Waals surface area contributed by atoms with E-state index >= 15 is 0 Å². The Kier molecular flexibility index (Phi) is 11.0. The number of nitrogens with zero attached hydrogens (tertiary/aromatic N) is 4. The third-order valence-electron chi connectivity index (χ3n) is 7.36. The van der Waals surface area contributed by atoms with E-state index in [2.05, 4.69) is 50.7 Å². The fourth-order valence-electron chi connectivity index (χ4n) is 5.00. The lowest BCUT2D eigenvalue weighted by Crippen LogP contribution is -2.52. The molecule has 1 saturated heterocycles. The van der Waals surface area contributed by atoms with E-state index in [-0.39, 0.29) is 31.5 Å². The summed E-state index contributed by atoms with van der Waals surface area (Å²) in [7, 11) is 0. The van der Waals surface area contributed by atoms with Crippen LogP contribution in [0.3, 0.4) is 0 Å². The zero-order valence-electron chi connectivity index (χ0n) is 24.4. The van der Waals surface area contributed by atoms with E-state index in [1.54, 1.807) is 11.1 Å². The summed E-state index contributed by atoms with van der Waals surface area (Å²) < 4.78 is 52.6. The molecule has 3 aliphatic rings. The summed E-state index contributed by atoms with van der Waals surface area (Å²) in [5, 5.41) is 9.26. The number of alkyl halides is 4. The van der Waals surface area contributed by atoms with E-state index in [4.69, 9.17) is 0 Å². The average molecular weight is 578 g/mol. The van der Waals surface area contributed by atoms with Crippen LogP contribution in [0.5, 0.6) is 0 Å². The monoisotopic (exact) mass is 577 g/mol. The minimum atomic E-state index is -2.81. The molecule has 1 aliphatic carbocycles. The predicted molar refractivity (Wildman–Crippen MR) is 159 cm³/mol. The molecule has 41 heavy (non-hydrogen) atoms. The summed E-state index contributed by atoms with van der Waals surface area (Å²) >= 11 is 0. The lowest BCUT2D eigenvalue weighted by atomic mass is 9.97. The summed E-state index contributed by atoms with van der Waals surface area (Å²) in [6, 6.07) is 3.34. The summed E-state index contributed by atoms with van der Waals surface area (Å²) in [4.78, 5) is 14.6. The van der Waals surface area contributed by atoms with Gasteiger partial charge in [0.1, 0.15) is 18.2 Å². The van der Waals surface area contributed by atoms with E-state index < -0.39 is 18.4 Å². The fraction of sp³-hybridized carbons (Fsp3) is 0.567. The number of hydrogen-bond donors (Lipinski definition) is 3. The zero-order chi connectivity index (χ0) is 30.2. The van der Waals surface area contributed by atoms with Gasteiger partial charge < -0.3 is 20.9 Å². The maximum absolute atomic E-state index is 14.1. The topological polar surface area (TPSA) is 76.9 Å². The number of allylic oxidation sites excluding steroid dienone is 1. The smallest absolute Gasteiger partial charge is 0.282 e. The van der Waals surface area contributed by atoms with Gasteiger partial charge in [-0.3, -0.25) is 9.98 Å². The third kappa shape index (κ3) is 9.33. The number of nitrogens with one attached hydrogen (secondary N) is 3. The highest BCUT2D eigenvalue weighted by Crippen LogP contribution is 2.34. The second kappa shape index (κ2) is 14.0. The van der Waals surface area contributed by atoms with Crippen molar-refractivity contribution in [2.24, 2.45) is 9.98 Å². The van der Waals surface area contributed by atoms with E-state index in [0.717, 1.165) is 29.8 Å². The Morgan fingerprint density at radius 3 is 2.41 bits per heavy atom. The third-order valence-corrected chi connectivity index (χ3v) is 7.36. The highest BCUT2D eigenvalue weighted by atomic mass is 19.3. The Balaban J connectivity index is 0.000000496. The molecule has 1 saturated carbocycles. The van der Waals surface area contributed by atoms with Gasteiger partial charge in [0.15, 0.2) is 0 Å². The Labute approximate surface area is 241 Å². The molecule has 1 aromatic heterocycles. The number of aliphatic imine (C=N–C) groups is 2. The van der Waals surface area contributed by atoms with Gasteiger partial charge in [0, 0.05) is 24.7 Å². The van der Waals surface area contributed by atoms with E-state index in [1.807, 2.05) is 32.9 Å². The molecule has 2 fully saturated rings. The van der Waals surface area contributed by atoms with E-state index in [1.165, 1.54) is 0 Å². The molecule has 0 amide bonds. The fourth-order valence-corrected chi connectivity index (χ4v) is 5.00. The maximum atomic E-state index is 14.1. The lowest BCUT2D eigenvalue weighted by Gasteiger charge is -2.42. The van der Waals surface area contributed by atoms with Gasteiger partial charge >= 0.3 is 0 Å². The molecule has 1 aromatic rings. The first-order valence-electron chi connectivity index (χ1n) is 14.2. The van der Waals surface area contributed by atoms with Crippen molar-refractivity contribution in [2.45, 2.75) is 89.6 Å². The molecule has 0 aromatic carbocycles. The highest BCUT2D eigenvalue weighted by molar-refractivity contribution is 6.48. The van der Waals surface area contributed by atoms with Gasteiger partial charge in [0.25, 0.3) is 5.92 Å². The second-order valence-electron chi connectivity index (χ2n) is 10.9. The number of rotatable bonds is 10. The summed E-state index contributed by atoms with van der Waals surface area (Å²) in [6.45, 7) is 17.7. The summed E-state index contributed by atoms with van der Waals surface area (Å²) in [5.41, 5.74) is 3.89. The van der Waals surface area contributed by atoms with Crippen molar-refractivity contribution in [3.8, 4) is 0 Å². The quantitative estimate of drug-likeness (QED) is 0.266. The van der Waals surface area contributed by atoms with Crippen LogP contribution < -0.4 is 16.0 Å². The number of anilines is 1. The van der Waals surface area contributed by atoms with Crippen LogP contribution in [0.1, 0.15) is 77.3 Å². The number of hydrogen-bond acceptors (Lipinski definition) is 7. The zero-order valence-corrected chi connectivity index (χ0v) is 24.4. The van der Waals surface area contributed by atoms with Crippen LogP contribution in [0.15, 0.2) is 65.3 Å². The van der Waals surface area contributed by atoms with Crippen molar-refractivity contribution in [2.75, 3.05) is 25.1 Å². The molecular weight excluding hydrogens is 534 g/mol. The normalized spacial score (nSPS) is 20.9. The summed E-state index contributed by atoms with van der Waals surface area (Å²) in [6.07, 6.45) is 5.89. The van der Waals surface area contributed by atoms with Crippen LogP contribution in [0.4, 0.5) is 23.4 Å². The predicted octanol–water partition coefficient (Wildman–Crippen LogP) is 6.81. The van der Waals surface area contributed by atoms with Crippen molar-refractivity contribution >= 4 is 17.2 Å².